The lowest BCUT2D eigenvalue weighted by atomic mass is 10.1. The second kappa shape index (κ2) is 6.45. The summed E-state index contributed by atoms with van der Waals surface area (Å²) in [5.41, 5.74) is 0.290. The SMILES string of the molecule is Cc1noc(C)c1S(=O)(=O)NC(C)C(=O)N1C2CCNCC1CC2. The molecule has 24 heavy (non-hydrogen) atoms. The number of sulfonamides is 1. The summed E-state index contributed by atoms with van der Waals surface area (Å²) in [6.45, 7) is 6.37. The van der Waals surface area contributed by atoms with E-state index in [1.165, 1.54) is 0 Å². The van der Waals surface area contributed by atoms with E-state index in [1.807, 2.05) is 4.90 Å². The number of aryl methyl sites for hydroxylation is 2. The van der Waals surface area contributed by atoms with E-state index in [0.29, 0.717) is 5.69 Å². The van der Waals surface area contributed by atoms with Gasteiger partial charge in [-0.15, -0.1) is 0 Å². The van der Waals surface area contributed by atoms with Crippen molar-refractivity contribution in [3.8, 4) is 0 Å². The Bertz CT molecular complexity index is 696. The molecule has 3 unspecified atom stereocenters. The molecule has 134 valence electrons. The third kappa shape index (κ3) is 3.07. The Morgan fingerprint density at radius 3 is 2.71 bits per heavy atom. The van der Waals surface area contributed by atoms with E-state index in [9.17, 15) is 13.2 Å². The third-order valence-electron chi connectivity index (χ3n) is 4.85. The van der Waals surface area contributed by atoms with Gasteiger partial charge in [-0.3, -0.25) is 4.79 Å². The quantitative estimate of drug-likeness (QED) is 0.805. The Kier molecular flexibility index (Phi) is 4.67. The van der Waals surface area contributed by atoms with E-state index in [2.05, 4.69) is 15.2 Å². The van der Waals surface area contributed by atoms with Gasteiger partial charge in [0.05, 0.1) is 6.04 Å². The molecule has 0 saturated carbocycles. The van der Waals surface area contributed by atoms with E-state index < -0.39 is 16.1 Å². The number of hydrogen-bond donors (Lipinski definition) is 2. The van der Waals surface area contributed by atoms with E-state index in [-0.39, 0.29) is 28.6 Å². The molecule has 1 amide bonds. The van der Waals surface area contributed by atoms with Gasteiger partial charge in [-0.25, -0.2) is 8.42 Å². The first kappa shape index (κ1) is 17.4. The average Bonchev–Trinajstić information content (AvgIpc) is 2.96. The number of nitrogens with zero attached hydrogens (tertiary/aromatic N) is 2. The minimum atomic E-state index is -3.85. The number of fused-ring (bicyclic) bond motifs is 2. The molecule has 3 heterocycles. The predicted octanol–water partition coefficient (Wildman–Crippen LogP) is 0.311. The number of carbonyl (C=O) groups is 1. The van der Waals surface area contributed by atoms with Crippen LogP contribution in [0.25, 0.3) is 0 Å². The number of aromatic nitrogens is 1. The van der Waals surface area contributed by atoms with Crippen LogP contribution in [-0.2, 0) is 14.8 Å². The molecule has 2 N–H and O–H groups in total. The smallest absolute Gasteiger partial charge is 0.246 e. The molecule has 3 rings (SSSR count). The molecule has 2 bridgehead atoms. The molecule has 8 nitrogen and oxygen atoms in total. The summed E-state index contributed by atoms with van der Waals surface area (Å²) in [7, 11) is -3.85. The van der Waals surface area contributed by atoms with Crippen LogP contribution in [0.3, 0.4) is 0 Å². The summed E-state index contributed by atoms with van der Waals surface area (Å²) in [6.07, 6.45) is 2.86. The van der Waals surface area contributed by atoms with Crippen molar-refractivity contribution in [3.63, 3.8) is 0 Å². The van der Waals surface area contributed by atoms with Gasteiger partial charge in [0.25, 0.3) is 0 Å². The summed E-state index contributed by atoms with van der Waals surface area (Å²) in [5.74, 6) is 0.0558. The molecule has 2 aliphatic heterocycles. The molecule has 2 aliphatic rings. The van der Waals surface area contributed by atoms with E-state index in [4.69, 9.17) is 4.52 Å². The molecule has 9 heteroatoms. The molecule has 0 aromatic carbocycles. The number of nitrogens with one attached hydrogen (secondary N) is 2. The lowest BCUT2D eigenvalue weighted by molar-refractivity contribution is -0.135. The van der Waals surface area contributed by atoms with Gasteiger partial charge in [0.2, 0.25) is 15.9 Å². The highest BCUT2D eigenvalue weighted by atomic mass is 32.2. The zero-order valence-corrected chi connectivity index (χ0v) is 15.0. The molecule has 0 spiro atoms. The molecule has 0 aliphatic carbocycles. The summed E-state index contributed by atoms with van der Waals surface area (Å²) in [5, 5.41) is 7.01. The van der Waals surface area contributed by atoms with Gasteiger partial charge >= 0.3 is 0 Å². The van der Waals surface area contributed by atoms with Crippen LogP contribution in [-0.4, -0.2) is 55.6 Å². The number of carbonyl (C=O) groups excluding carboxylic acids is 1. The molecule has 0 radical (unpaired) electrons. The Labute approximate surface area is 142 Å². The molecular formula is C15H24N4O4S. The van der Waals surface area contributed by atoms with Crippen LogP contribution in [0.4, 0.5) is 0 Å². The van der Waals surface area contributed by atoms with Gasteiger partial charge in [-0.2, -0.15) is 4.72 Å². The summed E-state index contributed by atoms with van der Waals surface area (Å²) in [6, 6.07) is -0.482. The van der Waals surface area contributed by atoms with Crippen LogP contribution in [0.5, 0.6) is 0 Å². The number of rotatable bonds is 4. The van der Waals surface area contributed by atoms with Gasteiger partial charge in [0, 0.05) is 18.6 Å². The van der Waals surface area contributed by atoms with Gasteiger partial charge in [-0.1, -0.05) is 5.16 Å². The maximum atomic E-state index is 12.9. The fraction of sp³-hybridized carbons (Fsp3) is 0.733. The zero-order chi connectivity index (χ0) is 17.5. The topological polar surface area (TPSA) is 105 Å². The summed E-state index contributed by atoms with van der Waals surface area (Å²) < 4.78 is 32.6. The highest BCUT2D eigenvalue weighted by molar-refractivity contribution is 7.89. The Balaban J connectivity index is 1.77. The van der Waals surface area contributed by atoms with Crippen molar-refractivity contribution in [2.45, 2.75) is 63.1 Å². The Morgan fingerprint density at radius 2 is 2.04 bits per heavy atom. The minimum absolute atomic E-state index is 0.0163. The van der Waals surface area contributed by atoms with Crippen LogP contribution in [0, 0.1) is 13.8 Å². The van der Waals surface area contributed by atoms with Crippen molar-refractivity contribution >= 4 is 15.9 Å². The maximum absolute atomic E-state index is 12.9. The van der Waals surface area contributed by atoms with Crippen molar-refractivity contribution in [3.05, 3.63) is 11.5 Å². The molecule has 2 fully saturated rings. The van der Waals surface area contributed by atoms with Crippen LogP contribution in [0.2, 0.25) is 0 Å². The normalized spacial score (nSPS) is 25.5. The first-order valence-corrected chi connectivity index (χ1v) is 9.77. The van der Waals surface area contributed by atoms with Crippen molar-refractivity contribution in [2.75, 3.05) is 13.1 Å². The summed E-state index contributed by atoms with van der Waals surface area (Å²) in [4.78, 5) is 14.8. The Morgan fingerprint density at radius 1 is 1.33 bits per heavy atom. The van der Waals surface area contributed by atoms with Crippen LogP contribution >= 0.6 is 0 Å². The lowest BCUT2D eigenvalue weighted by Crippen LogP contribution is -2.51. The lowest BCUT2D eigenvalue weighted by Gasteiger charge is -2.30. The van der Waals surface area contributed by atoms with Gasteiger partial charge in [0.15, 0.2) is 5.76 Å². The summed E-state index contributed by atoms with van der Waals surface area (Å²) >= 11 is 0. The first-order chi connectivity index (χ1) is 11.3. The molecule has 1 aromatic rings. The second-order valence-electron chi connectivity index (χ2n) is 6.62. The van der Waals surface area contributed by atoms with Crippen LogP contribution in [0.1, 0.15) is 37.6 Å². The van der Waals surface area contributed by atoms with Crippen molar-refractivity contribution in [2.24, 2.45) is 0 Å². The predicted molar refractivity (Wildman–Crippen MR) is 86.9 cm³/mol. The largest absolute Gasteiger partial charge is 0.360 e. The molecule has 3 atom stereocenters. The fourth-order valence-corrected chi connectivity index (χ4v) is 5.29. The average molecular weight is 356 g/mol. The van der Waals surface area contributed by atoms with Gasteiger partial charge < -0.3 is 14.7 Å². The van der Waals surface area contributed by atoms with Crippen molar-refractivity contribution in [1.82, 2.24) is 20.1 Å². The van der Waals surface area contributed by atoms with E-state index in [1.54, 1.807) is 20.8 Å². The minimum Gasteiger partial charge on any atom is -0.360 e. The maximum Gasteiger partial charge on any atom is 0.246 e. The number of amides is 1. The van der Waals surface area contributed by atoms with Gasteiger partial charge in [-0.05, 0) is 46.6 Å². The highest BCUT2D eigenvalue weighted by Crippen LogP contribution is 2.29. The highest BCUT2D eigenvalue weighted by Gasteiger charge is 2.40. The zero-order valence-electron chi connectivity index (χ0n) is 14.2. The van der Waals surface area contributed by atoms with Gasteiger partial charge in [0.1, 0.15) is 10.6 Å². The molecule has 1 aromatic heterocycles. The standard InChI is InChI=1S/C15H24N4O4S/c1-9-14(11(3)23-17-9)24(21,22)18-10(2)15(20)19-12-4-5-13(19)8-16-7-6-12/h10,12-13,16,18H,4-8H2,1-3H3. The second-order valence-corrected chi connectivity index (χ2v) is 8.27. The Hall–Kier alpha value is -1.45. The van der Waals surface area contributed by atoms with E-state index >= 15 is 0 Å². The van der Waals surface area contributed by atoms with E-state index in [0.717, 1.165) is 32.4 Å². The van der Waals surface area contributed by atoms with Crippen LogP contribution < -0.4 is 10.0 Å². The van der Waals surface area contributed by atoms with Crippen molar-refractivity contribution < 1.29 is 17.7 Å². The molecular weight excluding hydrogens is 332 g/mol. The first-order valence-electron chi connectivity index (χ1n) is 8.29. The fourth-order valence-electron chi connectivity index (χ4n) is 3.77. The molecule has 2 saturated heterocycles. The monoisotopic (exact) mass is 356 g/mol. The van der Waals surface area contributed by atoms with Crippen molar-refractivity contribution in [1.29, 1.82) is 0 Å². The third-order valence-corrected chi connectivity index (χ3v) is 6.63. The number of hydrogen-bond acceptors (Lipinski definition) is 6. The van der Waals surface area contributed by atoms with Crippen LogP contribution in [0.15, 0.2) is 9.42 Å².